The normalized spacial score (nSPS) is 15.4. The molecule has 2 aromatic carbocycles. The molecule has 158 valence electrons. The largest absolute Gasteiger partial charge is 0.342 e. The van der Waals surface area contributed by atoms with Gasteiger partial charge in [0.1, 0.15) is 0 Å². The number of carbonyl (C=O) groups excluding carboxylic acids is 2. The van der Waals surface area contributed by atoms with Gasteiger partial charge >= 0.3 is 0 Å². The summed E-state index contributed by atoms with van der Waals surface area (Å²) in [6.07, 6.45) is 5.44. The van der Waals surface area contributed by atoms with Crippen molar-refractivity contribution in [1.29, 1.82) is 0 Å². The number of unbranched alkanes of at least 4 members (excludes halogenated alkanes) is 1. The molecule has 3 aromatic rings. The highest BCUT2D eigenvalue weighted by atomic mass is 32.2. The summed E-state index contributed by atoms with van der Waals surface area (Å²) < 4.78 is 2.05. The maximum atomic E-state index is 12.7. The molecular formula is C23H21N3O4S. The molecule has 0 aliphatic carbocycles. The smallest absolute Gasteiger partial charge is 0.293 e. The van der Waals surface area contributed by atoms with Crippen molar-refractivity contribution in [3.05, 3.63) is 80.9 Å². The van der Waals surface area contributed by atoms with Gasteiger partial charge in [-0.1, -0.05) is 43.7 Å². The van der Waals surface area contributed by atoms with E-state index in [4.69, 9.17) is 0 Å². The highest BCUT2D eigenvalue weighted by Gasteiger charge is 2.34. The first kappa shape index (κ1) is 20.9. The van der Waals surface area contributed by atoms with Crippen LogP contribution in [-0.2, 0) is 11.3 Å². The lowest BCUT2D eigenvalue weighted by atomic mass is 10.1. The minimum absolute atomic E-state index is 0.0561. The Morgan fingerprint density at radius 3 is 2.55 bits per heavy atom. The zero-order chi connectivity index (χ0) is 22.0. The number of nitro groups is 1. The Balaban J connectivity index is 1.66. The molecule has 1 saturated heterocycles. The van der Waals surface area contributed by atoms with Crippen molar-refractivity contribution in [2.75, 3.05) is 6.54 Å². The van der Waals surface area contributed by atoms with E-state index in [1.54, 1.807) is 18.2 Å². The number of para-hydroxylation sites is 1. The van der Waals surface area contributed by atoms with Gasteiger partial charge in [-0.05, 0) is 35.9 Å². The lowest BCUT2D eigenvalue weighted by Gasteiger charge is -2.10. The second-order valence-corrected chi connectivity index (χ2v) is 8.33. The third-order valence-electron chi connectivity index (χ3n) is 5.21. The summed E-state index contributed by atoms with van der Waals surface area (Å²) in [4.78, 5) is 37.2. The molecule has 0 N–H and O–H groups in total. The van der Waals surface area contributed by atoms with Crippen LogP contribution in [-0.4, -0.2) is 32.1 Å². The van der Waals surface area contributed by atoms with Gasteiger partial charge in [0.15, 0.2) is 0 Å². The monoisotopic (exact) mass is 435 g/mol. The van der Waals surface area contributed by atoms with Crippen molar-refractivity contribution < 1.29 is 14.5 Å². The van der Waals surface area contributed by atoms with Crippen LogP contribution >= 0.6 is 11.8 Å². The third kappa shape index (κ3) is 4.25. The maximum absolute atomic E-state index is 12.7. The molecule has 1 aliphatic heterocycles. The van der Waals surface area contributed by atoms with E-state index in [1.807, 2.05) is 42.0 Å². The first-order chi connectivity index (χ1) is 15.0. The fourth-order valence-corrected chi connectivity index (χ4v) is 4.45. The van der Waals surface area contributed by atoms with Gasteiger partial charge in [-0.3, -0.25) is 24.6 Å². The second-order valence-electron chi connectivity index (χ2n) is 7.34. The number of benzene rings is 2. The van der Waals surface area contributed by atoms with E-state index in [0.29, 0.717) is 18.0 Å². The Labute approximate surface area is 183 Å². The SMILES string of the molecule is CCCCN1C(=O)S/C(=C\c2cn(Cc3ccc([N+](=O)[O-])cc3)c3ccccc23)C1=O. The van der Waals surface area contributed by atoms with Gasteiger partial charge in [-0.2, -0.15) is 0 Å². The molecule has 8 heteroatoms. The third-order valence-corrected chi connectivity index (χ3v) is 6.12. The van der Waals surface area contributed by atoms with Gasteiger partial charge in [-0.25, -0.2) is 0 Å². The van der Waals surface area contributed by atoms with Gasteiger partial charge < -0.3 is 4.57 Å². The van der Waals surface area contributed by atoms with Crippen LogP contribution in [0, 0.1) is 10.1 Å². The van der Waals surface area contributed by atoms with Crippen LogP contribution in [0.5, 0.6) is 0 Å². The van der Waals surface area contributed by atoms with Crippen LogP contribution in [0.4, 0.5) is 10.5 Å². The number of hydrogen-bond acceptors (Lipinski definition) is 5. The number of fused-ring (bicyclic) bond motifs is 1. The van der Waals surface area contributed by atoms with Crippen molar-refractivity contribution in [3.8, 4) is 0 Å². The molecule has 1 aliphatic rings. The fourth-order valence-electron chi connectivity index (χ4n) is 3.59. The Morgan fingerprint density at radius 1 is 1.10 bits per heavy atom. The first-order valence-corrected chi connectivity index (χ1v) is 10.9. The van der Waals surface area contributed by atoms with E-state index in [2.05, 4.69) is 0 Å². The second kappa shape index (κ2) is 8.77. The van der Waals surface area contributed by atoms with Crippen molar-refractivity contribution in [2.45, 2.75) is 26.3 Å². The van der Waals surface area contributed by atoms with E-state index >= 15 is 0 Å². The predicted molar refractivity (Wildman–Crippen MR) is 122 cm³/mol. The number of hydrogen-bond donors (Lipinski definition) is 0. The van der Waals surface area contributed by atoms with Crippen LogP contribution in [0.25, 0.3) is 17.0 Å². The predicted octanol–water partition coefficient (Wildman–Crippen LogP) is 5.43. The molecule has 2 heterocycles. The Kier molecular flexibility index (Phi) is 5.90. The number of imide groups is 1. The average molecular weight is 436 g/mol. The van der Waals surface area contributed by atoms with Crippen molar-refractivity contribution in [1.82, 2.24) is 9.47 Å². The number of aromatic nitrogens is 1. The van der Waals surface area contributed by atoms with Gasteiger partial charge in [-0.15, -0.1) is 0 Å². The molecule has 0 saturated carbocycles. The van der Waals surface area contributed by atoms with Crippen LogP contribution in [0.2, 0.25) is 0 Å². The standard InChI is InChI=1S/C23H21N3O4S/c1-2-3-12-25-22(27)21(31-23(25)28)13-17-15-24(20-7-5-4-6-19(17)20)14-16-8-10-18(11-9-16)26(29)30/h4-11,13,15H,2-3,12,14H2,1H3/b21-13-. The van der Waals surface area contributed by atoms with E-state index in [0.717, 1.165) is 46.6 Å². The number of nitrogens with zero attached hydrogens (tertiary/aromatic N) is 3. The van der Waals surface area contributed by atoms with Crippen molar-refractivity contribution >= 4 is 45.6 Å². The molecule has 31 heavy (non-hydrogen) atoms. The summed E-state index contributed by atoms with van der Waals surface area (Å²) in [5.41, 5.74) is 2.83. The Morgan fingerprint density at radius 2 is 1.84 bits per heavy atom. The fraction of sp³-hybridized carbons (Fsp3) is 0.217. The van der Waals surface area contributed by atoms with E-state index in [9.17, 15) is 19.7 Å². The lowest BCUT2D eigenvalue weighted by Crippen LogP contribution is -2.29. The van der Waals surface area contributed by atoms with Crippen molar-refractivity contribution in [2.24, 2.45) is 0 Å². The minimum atomic E-state index is -0.416. The first-order valence-electron chi connectivity index (χ1n) is 10.0. The van der Waals surface area contributed by atoms with Gasteiger partial charge in [0.25, 0.3) is 16.8 Å². The van der Waals surface area contributed by atoms with E-state index in [-0.39, 0.29) is 16.8 Å². The summed E-state index contributed by atoms with van der Waals surface area (Å²) in [6, 6.07) is 14.3. The molecule has 0 atom stereocenters. The number of nitro benzene ring substituents is 1. The van der Waals surface area contributed by atoms with Crippen LogP contribution in [0.1, 0.15) is 30.9 Å². The average Bonchev–Trinajstić information content (AvgIpc) is 3.24. The summed E-state index contributed by atoms with van der Waals surface area (Å²) in [7, 11) is 0. The summed E-state index contributed by atoms with van der Waals surface area (Å²) in [6.45, 7) is 3.00. The van der Waals surface area contributed by atoms with Gasteiger partial charge in [0, 0.05) is 47.9 Å². The molecule has 0 spiro atoms. The van der Waals surface area contributed by atoms with Crippen molar-refractivity contribution in [3.63, 3.8) is 0 Å². The molecular weight excluding hydrogens is 414 g/mol. The zero-order valence-electron chi connectivity index (χ0n) is 17.0. The zero-order valence-corrected chi connectivity index (χ0v) is 17.8. The molecule has 0 bridgehead atoms. The highest BCUT2D eigenvalue weighted by molar-refractivity contribution is 8.18. The topological polar surface area (TPSA) is 85.4 Å². The molecule has 4 rings (SSSR count). The quantitative estimate of drug-likeness (QED) is 0.280. The van der Waals surface area contributed by atoms with Gasteiger partial charge in [0.2, 0.25) is 0 Å². The number of non-ortho nitro benzene ring substituents is 1. The summed E-state index contributed by atoms with van der Waals surface area (Å²) >= 11 is 0.979. The number of carbonyl (C=O) groups is 2. The number of amides is 2. The van der Waals surface area contributed by atoms with Crippen LogP contribution < -0.4 is 0 Å². The summed E-state index contributed by atoms with van der Waals surface area (Å²) in [5, 5.41) is 11.6. The van der Waals surface area contributed by atoms with E-state index < -0.39 is 4.92 Å². The maximum Gasteiger partial charge on any atom is 0.293 e. The minimum Gasteiger partial charge on any atom is -0.342 e. The highest BCUT2D eigenvalue weighted by Crippen LogP contribution is 2.34. The van der Waals surface area contributed by atoms with Gasteiger partial charge in [0.05, 0.1) is 9.83 Å². The van der Waals surface area contributed by atoms with E-state index in [1.165, 1.54) is 17.0 Å². The molecule has 1 fully saturated rings. The lowest BCUT2D eigenvalue weighted by molar-refractivity contribution is -0.384. The molecule has 0 radical (unpaired) electrons. The number of thioether (sulfide) groups is 1. The molecule has 2 amide bonds. The molecule has 7 nitrogen and oxygen atoms in total. The molecule has 1 aromatic heterocycles. The van der Waals surface area contributed by atoms with Crippen LogP contribution in [0.15, 0.2) is 59.6 Å². The Hall–Kier alpha value is -3.39. The van der Waals surface area contributed by atoms with Crippen LogP contribution in [0.3, 0.4) is 0 Å². The Bertz CT molecular complexity index is 1200. The molecule has 0 unspecified atom stereocenters. The summed E-state index contributed by atoms with van der Waals surface area (Å²) in [5.74, 6) is -0.240. The number of rotatable bonds is 7.